The normalized spacial score (nSPS) is 13.6. The van der Waals surface area contributed by atoms with Crippen molar-refractivity contribution in [3.05, 3.63) is 29.8 Å². The van der Waals surface area contributed by atoms with E-state index in [1.54, 1.807) is 0 Å². The number of likely N-dealkylation sites (N-methyl/N-ethyl adjacent to an activating group) is 1. The van der Waals surface area contributed by atoms with Crippen LogP contribution in [0.25, 0.3) is 0 Å². The van der Waals surface area contributed by atoms with Gasteiger partial charge in [0.05, 0.1) is 0 Å². The fourth-order valence-corrected chi connectivity index (χ4v) is 1.59. The third kappa shape index (κ3) is 5.90. The van der Waals surface area contributed by atoms with E-state index < -0.39 is 6.10 Å². The lowest BCUT2D eigenvalue weighted by Gasteiger charge is -2.33. The summed E-state index contributed by atoms with van der Waals surface area (Å²) in [5.74, 6) is 0.795. The number of aryl methyl sites for hydroxylation is 1. The average molecular weight is 280 g/mol. The molecule has 1 atom stereocenters. The van der Waals surface area contributed by atoms with Gasteiger partial charge in [0, 0.05) is 18.6 Å². The molecule has 20 heavy (non-hydrogen) atoms. The standard InChI is InChI=1S/C16H28N2O2/c1-13-6-8-15(9-7-13)20-11-14(19)10-17-12-16(2,3)18(4)5/h6-9,14,17,19H,10-12H2,1-5H3. The number of hydrogen-bond donors (Lipinski definition) is 2. The van der Waals surface area contributed by atoms with Crippen LogP contribution in [0.1, 0.15) is 19.4 Å². The van der Waals surface area contributed by atoms with Crippen molar-refractivity contribution in [1.82, 2.24) is 10.2 Å². The van der Waals surface area contributed by atoms with Gasteiger partial charge in [-0.3, -0.25) is 0 Å². The van der Waals surface area contributed by atoms with Crippen LogP contribution < -0.4 is 10.1 Å². The molecule has 0 radical (unpaired) electrons. The summed E-state index contributed by atoms with van der Waals surface area (Å²) in [6.07, 6.45) is -0.505. The van der Waals surface area contributed by atoms with E-state index in [-0.39, 0.29) is 5.54 Å². The molecule has 1 aromatic rings. The number of rotatable bonds is 8. The second kappa shape index (κ2) is 7.62. The molecule has 0 aliphatic carbocycles. The van der Waals surface area contributed by atoms with Crippen molar-refractivity contribution >= 4 is 0 Å². The minimum absolute atomic E-state index is 0.0670. The van der Waals surface area contributed by atoms with Gasteiger partial charge in [-0.2, -0.15) is 0 Å². The lowest BCUT2D eigenvalue weighted by atomic mass is 10.0. The van der Waals surface area contributed by atoms with Gasteiger partial charge in [0.1, 0.15) is 18.5 Å². The quantitative estimate of drug-likeness (QED) is 0.760. The van der Waals surface area contributed by atoms with Gasteiger partial charge in [-0.05, 0) is 47.0 Å². The van der Waals surface area contributed by atoms with Crippen molar-refractivity contribution in [3.63, 3.8) is 0 Å². The Balaban J connectivity index is 2.24. The molecule has 0 aliphatic rings. The molecular weight excluding hydrogens is 252 g/mol. The van der Waals surface area contributed by atoms with Gasteiger partial charge in [0.2, 0.25) is 0 Å². The van der Waals surface area contributed by atoms with Gasteiger partial charge in [-0.25, -0.2) is 0 Å². The van der Waals surface area contributed by atoms with Crippen molar-refractivity contribution in [1.29, 1.82) is 0 Å². The van der Waals surface area contributed by atoms with Crippen molar-refractivity contribution in [2.75, 3.05) is 33.8 Å². The lowest BCUT2D eigenvalue weighted by Crippen LogP contribution is -2.48. The lowest BCUT2D eigenvalue weighted by molar-refractivity contribution is 0.100. The van der Waals surface area contributed by atoms with Crippen LogP contribution in [-0.2, 0) is 0 Å². The van der Waals surface area contributed by atoms with E-state index >= 15 is 0 Å². The molecule has 1 unspecified atom stereocenters. The first kappa shape index (κ1) is 17.0. The summed E-state index contributed by atoms with van der Waals surface area (Å²) in [5, 5.41) is 13.2. The smallest absolute Gasteiger partial charge is 0.119 e. The summed E-state index contributed by atoms with van der Waals surface area (Å²) < 4.78 is 5.55. The zero-order valence-electron chi connectivity index (χ0n) is 13.3. The van der Waals surface area contributed by atoms with Crippen molar-refractivity contribution in [2.45, 2.75) is 32.4 Å². The molecule has 0 saturated heterocycles. The number of ether oxygens (including phenoxy) is 1. The van der Waals surface area contributed by atoms with Crippen molar-refractivity contribution in [3.8, 4) is 5.75 Å². The molecule has 114 valence electrons. The number of nitrogens with zero attached hydrogens (tertiary/aromatic N) is 1. The Hall–Kier alpha value is -1.10. The van der Waals surface area contributed by atoms with Gasteiger partial charge < -0.3 is 20.1 Å². The van der Waals surface area contributed by atoms with Crippen LogP contribution in [0.3, 0.4) is 0 Å². The zero-order chi connectivity index (χ0) is 15.2. The Morgan fingerprint density at radius 2 is 1.85 bits per heavy atom. The predicted octanol–water partition coefficient (Wildman–Crippen LogP) is 1.66. The SMILES string of the molecule is Cc1ccc(OCC(O)CNCC(C)(C)N(C)C)cc1. The molecule has 0 fully saturated rings. The highest BCUT2D eigenvalue weighted by molar-refractivity contribution is 5.26. The monoisotopic (exact) mass is 280 g/mol. The van der Waals surface area contributed by atoms with E-state index in [0.717, 1.165) is 12.3 Å². The fourth-order valence-electron chi connectivity index (χ4n) is 1.59. The van der Waals surface area contributed by atoms with Crippen LogP contribution in [0.4, 0.5) is 0 Å². The van der Waals surface area contributed by atoms with E-state index in [1.807, 2.05) is 31.2 Å². The highest BCUT2D eigenvalue weighted by atomic mass is 16.5. The zero-order valence-corrected chi connectivity index (χ0v) is 13.3. The topological polar surface area (TPSA) is 44.7 Å². The Kier molecular flexibility index (Phi) is 6.46. The number of hydrogen-bond acceptors (Lipinski definition) is 4. The first-order valence-corrected chi connectivity index (χ1v) is 7.07. The van der Waals surface area contributed by atoms with Gasteiger partial charge in [0.15, 0.2) is 0 Å². The summed E-state index contributed by atoms with van der Waals surface area (Å²) in [7, 11) is 4.11. The second-order valence-corrected chi connectivity index (χ2v) is 6.12. The van der Waals surface area contributed by atoms with Crippen LogP contribution in [0.15, 0.2) is 24.3 Å². The summed E-state index contributed by atoms with van der Waals surface area (Å²) in [6, 6.07) is 7.84. The van der Waals surface area contributed by atoms with Gasteiger partial charge in [-0.1, -0.05) is 17.7 Å². The van der Waals surface area contributed by atoms with Crippen LogP contribution in [-0.4, -0.2) is 55.4 Å². The molecular formula is C16H28N2O2. The molecule has 4 heteroatoms. The molecule has 0 amide bonds. The molecule has 0 aliphatic heterocycles. The van der Waals surface area contributed by atoms with Gasteiger partial charge >= 0.3 is 0 Å². The van der Waals surface area contributed by atoms with Gasteiger partial charge in [0.25, 0.3) is 0 Å². The van der Waals surface area contributed by atoms with Crippen molar-refractivity contribution < 1.29 is 9.84 Å². The highest BCUT2D eigenvalue weighted by Crippen LogP contribution is 2.11. The number of aliphatic hydroxyl groups excluding tert-OH is 1. The van der Waals surface area contributed by atoms with Crippen molar-refractivity contribution in [2.24, 2.45) is 0 Å². The average Bonchev–Trinajstić information content (AvgIpc) is 2.37. The maximum atomic E-state index is 9.90. The van der Waals surface area contributed by atoms with Crippen LogP contribution in [0.2, 0.25) is 0 Å². The maximum Gasteiger partial charge on any atom is 0.119 e. The Morgan fingerprint density at radius 3 is 2.40 bits per heavy atom. The number of aliphatic hydroxyl groups is 1. The second-order valence-electron chi connectivity index (χ2n) is 6.12. The fraction of sp³-hybridized carbons (Fsp3) is 0.625. The third-order valence-electron chi connectivity index (χ3n) is 3.61. The first-order valence-electron chi connectivity index (χ1n) is 7.07. The van der Waals surface area contributed by atoms with Crippen LogP contribution in [0, 0.1) is 6.92 Å². The molecule has 0 heterocycles. The molecule has 0 saturated carbocycles. The molecule has 0 spiro atoms. The van der Waals surface area contributed by atoms with E-state index in [1.165, 1.54) is 5.56 Å². The number of benzene rings is 1. The third-order valence-corrected chi connectivity index (χ3v) is 3.61. The predicted molar refractivity (Wildman–Crippen MR) is 83.3 cm³/mol. The summed E-state index contributed by atoms with van der Waals surface area (Å²) >= 11 is 0. The molecule has 0 bridgehead atoms. The first-order chi connectivity index (χ1) is 9.31. The molecule has 4 nitrogen and oxygen atoms in total. The molecule has 0 aromatic heterocycles. The summed E-state index contributed by atoms with van der Waals surface area (Å²) in [6.45, 7) is 8.02. The molecule has 2 N–H and O–H groups in total. The molecule has 1 aromatic carbocycles. The van der Waals surface area contributed by atoms with Gasteiger partial charge in [-0.15, -0.1) is 0 Å². The summed E-state index contributed by atoms with van der Waals surface area (Å²) in [5.41, 5.74) is 1.27. The number of nitrogens with one attached hydrogen (secondary N) is 1. The highest BCUT2D eigenvalue weighted by Gasteiger charge is 2.20. The summed E-state index contributed by atoms with van der Waals surface area (Å²) in [4.78, 5) is 2.16. The maximum absolute atomic E-state index is 9.90. The Bertz CT molecular complexity index is 388. The van der Waals surface area contributed by atoms with E-state index in [2.05, 4.69) is 38.2 Å². The van der Waals surface area contributed by atoms with Crippen LogP contribution in [0.5, 0.6) is 5.75 Å². The Labute approximate surface area is 122 Å². The molecule has 1 rings (SSSR count). The Morgan fingerprint density at radius 1 is 1.25 bits per heavy atom. The minimum atomic E-state index is -0.505. The largest absolute Gasteiger partial charge is 0.491 e. The van der Waals surface area contributed by atoms with E-state index in [0.29, 0.717) is 13.2 Å². The van der Waals surface area contributed by atoms with E-state index in [9.17, 15) is 5.11 Å². The minimum Gasteiger partial charge on any atom is -0.491 e. The van der Waals surface area contributed by atoms with E-state index in [4.69, 9.17) is 4.74 Å². The van der Waals surface area contributed by atoms with Crippen LogP contribution >= 0.6 is 0 Å².